The zero-order valence-corrected chi connectivity index (χ0v) is 14.1. The van der Waals surface area contributed by atoms with Gasteiger partial charge in [0.1, 0.15) is 0 Å². The van der Waals surface area contributed by atoms with Crippen molar-refractivity contribution in [2.75, 3.05) is 6.54 Å². The second-order valence-electron chi connectivity index (χ2n) is 6.39. The van der Waals surface area contributed by atoms with Crippen LogP contribution in [-0.4, -0.2) is 47.1 Å². The van der Waals surface area contributed by atoms with Crippen molar-refractivity contribution in [3.05, 3.63) is 45.5 Å². The van der Waals surface area contributed by atoms with Gasteiger partial charge in [-0.15, -0.1) is 0 Å². The van der Waals surface area contributed by atoms with Gasteiger partial charge in [-0.25, -0.2) is 19.4 Å². The highest BCUT2D eigenvalue weighted by molar-refractivity contribution is 5.95. The van der Waals surface area contributed by atoms with Crippen molar-refractivity contribution in [1.29, 1.82) is 0 Å². The molecule has 3 aromatic rings. The molecule has 0 saturated carbocycles. The summed E-state index contributed by atoms with van der Waals surface area (Å²) in [5.41, 5.74) is 2.48. The molecule has 130 valence electrons. The molecule has 1 fully saturated rings. The molecule has 0 aliphatic carbocycles. The molecular weight excluding hydrogens is 322 g/mol. The lowest BCUT2D eigenvalue weighted by molar-refractivity contribution is 0.0598. The molecule has 0 aromatic carbocycles. The van der Waals surface area contributed by atoms with Gasteiger partial charge in [-0.1, -0.05) is 0 Å². The number of fused-ring (bicyclic) bond motifs is 1. The van der Waals surface area contributed by atoms with E-state index in [9.17, 15) is 9.59 Å². The second-order valence-corrected chi connectivity index (χ2v) is 6.39. The Labute approximate surface area is 143 Å². The van der Waals surface area contributed by atoms with Crippen LogP contribution in [0.2, 0.25) is 0 Å². The first-order valence-electron chi connectivity index (χ1n) is 8.32. The summed E-state index contributed by atoms with van der Waals surface area (Å²) in [6, 6.07) is 1.63. The number of nitrogens with zero attached hydrogens (tertiary/aromatic N) is 5. The lowest BCUT2D eigenvalue weighted by Crippen LogP contribution is -2.39. The van der Waals surface area contributed by atoms with Gasteiger partial charge in [0, 0.05) is 18.8 Å². The van der Waals surface area contributed by atoms with Crippen molar-refractivity contribution in [2.45, 2.75) is 39.2 Å². The molecule has 1 aliphatic heterocycles. The van der Waals surface area contributed by atoms with Crippen molar-refractivity contribution in [1.82, 2.24) is 34.7 Å². The zero-order valence-electron chi connectivity index (χ0n) is 14.1. The number of amides is 1. The standard InChI is InChI=1S/C16H19N7O2/c1-9-7-13-17-8-11(10(2)23(13)21-9)15(24)22-6-4-3-5-12(22)14-18-16(25)20-19-14/h7-8,12H,3-6H2,1-2H3,(H2,18,19,20,25)/t12-/m1/s1. The highest BCUT2D eigenvalue weighted by Gasteiger charge is 2.32. The summed E-state index contributed by atoms with van der Waals surface area (Å²) in [6.45, 7) is 4.38. The SMILES string of the molecule is Cc1cc2ncc(C(=O)N3CCCC[C@@H]3c3n[nH]c(=O)[nH]3)c(C)n2n1. The Kier molecular flexibility index (Phi) is 3.63. The number of carbonyl (C=O) groups is 1. The summed E-state index contributed by atoms with van der Waals surface area (Å²) in [6.07, 6.45) is 4.28. The molecule has 1 aliphatic rings. The number of hydrogen-bond donors (Lipinski definition) is 2. The van der Waals surface area contributed by atoms with Crippen molar-refractivity contribution >= 4 is 11.6 Å². The van der Waals surface area contributed by atoms with E-state index < -0.39 is 0 Å². The quantitative estimate of drug-likeness (QED) is 0.725. The van der Waals surface area contributed by atoms with Gasteiger partial charge in [-0.3, -0.25) is 9.78 Å². The van der Waals surface area contributed by atoms with Crippen LogP contribution in [0.25, 0.3) is 5.65 Å². The van der Waals surface area contributed by atoms with E-state index in [1.165, 1.54) is 0 Å². The van der Waals surface area contributed by atoms with Gasteiger partial charge in [0.25, 0.3) is 5.91 Å². The van der Waals surface area contributed by atoms with Gasteiger partial charge in [0.2, 0.25) is 0 Å². The fourth-order valence-corrected chi connectivity index (χ4v) is 3.43. The third-order valence-electron chi connectivity index (χ3n) is 4.68. The fourth-order valence-electron chi connectivity index (χ4n) is 3.43. The van der Waals surface area contributed by atoms with E-state index in [0.717, 1.165) is 36.3 Å². The summed E-state index contributed by atoms with van der Waals surface area (Å²) in [5.74, 6) is 0.383. The first-order chi connectivity index (χ1) is 12.0. The minimum atomic E-state index is -0.362. The highest BCUT2D eigenvalue weighted by atomic mass is 16.2. The first-order valence-corrected chi connectivity index (χ1v) is 8.32. The molecular formula is C16H19N7O2. The summed E-state index contributed by atoms with van der Waals surface area (Å²) in [4.78, 5) is 33.4. The van der Waals surface area contributed by atoms with Gasteiger partial charge in [-0.2, -0.15) is 10.2 Å². The van der Waals surface area contributed by atoms with Gasteiger partial charge >= 0.3 is 5.69 Å². The number of rotatable bonds is 2. The molecule has 0 radical (unpaired) electrons. The lowest BCUT2D eigenvalue weighted by atomic mass is 10.00. The molecule has 9 nitrogen and oxygen atoms in total. The normalized spacial score (nSPS) is 18.0. The molecule has 3 aromatic heterocycles. The summed E-state index contributed by atoms with van der Waals surface area (Å²) in [7, 11) is 0. The maximum absolute atomic E-state index is 13.2. The Bertz CT molecular complexity index is 999. The summed E-state index contributed by atoms with van der Waals surface area (Å²) < 4.78 is 1.69. The molecule has 0 unspecified atom stereocenters. The van der Waals surface area contributed by atoms with Crippen LogP contribution in [0.4, 0.5) is 0 Å². The lowest BCUT2D eigenvalue weighted by Gasteiger charge is -2.34. The van der Waals surface area contributed by atoms with E-state index in [1.54, 1.807) is 15.6 Å². The topological polar surface area (TPSA) is 112 Å². The van der Waals surface area contributed by atoms with Crippen LogP contribution in [0.15, 0.2) is 17.1 Å². The van der Waals surface area contributed by atoms with Crippen LogP contribution >= 0.6 is 0 Å². The average molecular weight is 341 g/mol. The molecule has 25 heavy (non-hydrogen) atoms. The molecule has 1 atom stereocenters. The molecule has 2 N–H and O–H groups in total. The Hall–Kier alpha value is -2.97. The number of likely N-dealkylation sites (tertiary alicyclic amines) is 1. The van der Waals surface area contributed by atoms with Crippen molar-refractivity contribution in [2.24, 2.45) is 0 Å². The van der Waals surface area contributed by atoms with Crippen molar-refractivity contribution in [3.8, 4) is 0 Å². The van der Waals surface area contributed by atoms with E-state index in [2.05, 4.69) is 25.3 Å². The predicted octanol–water partition coefficient (Wildman–Crippen LogP) is 1.12. The third-order valence-corrected chi connectivity index (χ3v) is 4.68. The smallest absolute Gasteiger partial charge is 0.328 e. The molecule has 1 saturated heterocycles. The van der Waals surface area contributed by atoms with E-state index in [0.29, 0.717) is 17.9 Å². The number of piperidine rings is 1. The maximum Gasteiger partial charge on any atom is 0.340 e. The maximum atomic E-state index is 13.2. The number of aryl methyl sites for hydroxylation is 2. The molecule has 0 bridgehead atoms. The molecule has 4 rings (SSSR count). The van der Waals surface area contributed by atoms with Crippen LogP contribution in [0.3, 0.4) is 0 Å². The van der Waals surface area contributed by atoms with Crippen LogP contribution < -0.4 is 5.69 Å². The van der Waals surface area contributed by atoms with E-state index in [-0.39, 0.29) is 17.6 Å². The Morgan fingerprint density at radius 3 is 2.92 bits per heavy atom. The largest absolute Gasteiger partial charge is 0.340 e. The van der Waals surface area contributed by atoms with Crippen LogP contribution in [0.5, 0.6) is 0 Å². The molecule has 1 amide bonds. The van der Waals surface area contributed by atoms with Crippen molar-refractivity contribution < 1.29 is 4.79 Å². The predicted molar refractivity (Wildman–Crippen MR) is 89.3 cm³/mol. The highest BCUT2D eigenvalue weighted by Crippen LogP contribution is 2.30. The minimum absolute atomic E-state index is 0.117. The first kappa shape index (κ1) is 15.6. The number of aromatic nitrogens is 6. The van der Waals surface area contributed by atoms with Gasteiger partial charge in [0.15, 0.2) is 11.5 Å². The second kappa shape index (κ2) is 5.83. The van der Waals surface area contributed by atoms with Crippen LogP contribution in [0.1, 0.15) is 52.9 Å². The number of aromatic amines is 2. The van der Waals surface area contributed by atoms with E-state index in [1.807, 2.05) is 19.9 Å². The number of H-pyrrole nitrogens is 2. The van der Waals surface area contributed by atoms with E-state index in [4.69, 9.17) is 0 Å². The van der Waals surface area contributed by atoms with Crippen LogP contribution in [0, 0.1) is 13.8 Å². The monoisotopic (exact) mass is 341 g/mol. The molecule has 4 heterocycles. The van der Waals surface area contributed by atoms with E-state index >= 15 is 0 Å². The molecule has 0 spiro atoms. The Morgan fingerprint density at radius 2 is 2.16 bits per heavy atom. The Morgan fingerprint density at radius 1 is 1.32 bits per heavy atom. The average Bonchev–Trinajstić information content (AvgIpc) is 3.20. The third kappa shape index (κ3) is 2.61. The number of hydrogen-bond acceptors (Lipinski definition) is 5. The Balaban J connectivity index is 1.73. The summed E-state index contributed by atoms with van der Waals surface area (Å²) >= 11 is 0. The van der Waals surface area contributed by atoms with Gasteiger partial charge in [0.05, 0.1) is 23.0 Å². The minimum Gasteiger partial charge on any atom is -0.328 e. The fraction of sp³-hybridized carbons (Fsp3) is 0.438. The molecule has 9 heteroatoms. The number of nitrogens with one attached hydrogen (secondary N) is 2. The zero-order chi connectivity index (χ0) is 17.6. The van der Waals surface area contributed by atoms with Gasteiger partial charge in [-0.05, 0) is 33.1 Å². The van der Waals surface area contributed by atoms with Gasteiger partial charge < -0.3 is 4.90 Å². The number of carbonyl (C=O) groups excluding carboxylic acids is 1. The van der Waals surface area contributed by atoms with Crippen LogP contribution in [-0.2, 0) is 0 Å². The van der Waals surface area contributed by atoms with Crippen molar-refractivity contribution in [3.63, 3.8) is 0 Å². The summed E-state index contributed by atoms with van der Waals surface area (Å²) in [5, 5.41) is 10.8.